The van der Waals surface area contributed by atoms with Crippen molar-refractivity contribution in [3.05, 3.63) is 40.3 Å². The molecule has 0 aliphatic carbocycles. The van der Waals surface area contributed by atoms with Crippen LogP contribution in [0.3, 0.4) is 0 Å². The molecule has 0 aliphatic heterocycles. The zero-order valence-corrected chi connectivity index (χ0v) is 10.0. The molecule has 1 atom stereocenters. The van der Waals surface area contributed by atoms with E-state index in [2.05, 4.69) is 10.0 Å². The van der Waals surface area contributed by atoms with Crippen molar-refractivity contribution < 1.29 is 13.2 Å². The van der Waals surface area contributed by atoms with Gasteiger partial charge in [-0.05, 0) is 29.6 Å². The van der Waals surface area contributed by atoms with Gasteiger partial charge in [0.25, 0.3) is 0 Å². The fourth-order valence-electron chi connectivity index (χ4n) is 1.30. The number of nitrogens with zero attached hydrogens (tertiary/aromatic N) is 3. The summed E-state index contributed by atoms with van der Waals surface area (Å²) in [5, 5.41) is 8.19. The van der Waals surface area contributed by atoms with Gasteiger partial charge >= 0.3 is 0 Å². The third-order valence-corrected chi connectivity index (χ3v) is 3.13. The zero-order valence-electron chi connectivity index (χ0n) is 9.22. The minimum Gasteiger partial charge on any atom is -0.369 e. The molecule has 0 radical (unpaired) electrons. The van der Waals surface area contributed by atoms with E-state index < -0.39 is 22.0 Å². The lowest BCUT2D eigenvalue weighted by Gasteiger charge is -2.07. The number of primary amides is 1. The lowest BCUT2D eigenvalue weighted by molar-refractivity contribution is -0.119. The normalized spacial score (nSPS) is 12.5. The number of hydrogen-bond acceptors (Lipinski definition) is 4. The number of nitrogens with two attached hydrogens (primary N) is 2. The van der Waals surface area contributed by atoms with Crippen LogP contribution in [0.4, 0.5) is 0 Å². The summed E-state index contributed by atoms with van der Waals surface area (Å²) in [4.78, 5) is 13.4. The Morgan fingerprint density at radius 1 is 1.39 bits per heavy atom. The zero-order chi connectivity index (χ0) is 13.8. The van der Waals surface area contributed by atoms with Gasteiger partial charge in [0.1, 0.15) is 6.04 Å². The molecule has 0 fully saturated rings. The van der Waals surface area contributed by atoms with Crippen LogP contribution in [0, 0.1) is 0 Å². The van der Waals surface area contributed by atoms with Crippen molar-refractivity contribution in [1.82, 2.24) is 0 Å². The Morgan fingerprint density at radius 3 is 2.33 bits per heavy atom. The molecule has 0 saturated heterocycles. The smallest absolute Gasteiger partial charge is 0.238 e. The molecule has 0 spiro atoms. The highest BCUT2D eigenvalue weighted by Crippen LogP contribution is 2.11. The first-order chi connectivity index (χ1) is 8.34. The summed E-state index contributed by atoms with van der Waals surface area (Å²) in [6, 6.07) is 4.55. The third kappa shape index (κ3) is 3.74. The summed E-state index contributed by atoms with van der Waals surface area (Å²) in [7, 11) is -3.75. The van der Waals surface area contributed by atoms with E-state index in [9.17, 15) is 13.2 Å². The second kappa shape index (κ2) is 5.50. The molecule has 0 heterocycles. The van der Waals surface area contributed by atoms with Gasteiger partial charge in [0, 0.05) is 4.91 Å². The summed E-state index contributed by atoms with van der Waals surface area (Å²) in [5.74, 6) is -0.747. The number of benzene rings is 1. The van der Waals surface area contributed by atoms with E-state index in [0.29, 0.717) is 5.56 Å². The van der Waals surface area contributed by atoms with Crippen molar-refractivity contribution in [3.8, 4) is 0 Å². The molecule has 18 heavy (non-hydrogen) atoms. The summed E-state index contributed by atoms with van der Waals surface area (Å²) in [6.07, 6.45) is 0.101. The second-order valence-corrected chi connectivity index (χ2v) is 5.08. The van der Waals surface area contributed by atoms with Crippen molar-refractivity contribution in [2.24, 2.45) is 16.0 Å². The van der Waals surface area contributed by atoms with E-state index in [4.69, 9.17) is 16.4 Å². The molecule has 0 unspecified atom stereocenters. The van der Waals surface area contributed by atoms with Gasteiger partial charge in [0.2, 0.25) is 15.9 Å². The first-order valence-electron chi connectivity index (χ1n) is 4.80. The lowest BCUT2D eigenvalue weighted by Crippen LogP contribution is -2.28. The van der Waals surface area contributed by atoms with Gasteiger partial charge in [-0.15, -0.1) is 0 Å². The van der Waals surface area contributed by atoms with Crippen molar-refractivity contribution in [3.63, 3.8) is 0 Å². The van der Waals surface area contributed by atoms with Crippen LogP contribution in [0.2, 0.25) is 0 Å². The van der Waals surface area contributed by atoms with E-state index in [1.54, 1.807) is 0 Å². The van der Waals surface area contributed by atoms with Gasteiger partial charge in [-0.3, -0.25) is 4.79 Å². The topological polar surface area (TPSA) is 152 Å². The van der Waals surface area contributed by atoms with E-state index in [0.717, 1.165) is 0 Å². The minimum atomic E-state index is -3.75. The Balaban J connectivity index is 2.93. The Hall–Kier alpha value is -2.09. The maximum Gasteiger partial charge on any atom is 0.238 e. The minimum absolute atomic E-state index is 0.0364. The standard InChI is InChI=1S/C9H11N5O3S/c10-9(15)8(13-14-11)5-6-1-3-7(4-2-6)18(12,16)17/h1-4,8H,5H2,(H2,10,15)(H2,12,16,17)/t8-/m0/s1. The van der Waals surface area contributed by atoms with Crippen LogP contribution >= 0.6 is 0 Å². The van der Waals surface area contributed by atoms with Crippen LogP contribution in [0.5, 0.6) is 0 Å². The molecule has 1 amide bonds. The SMILES string of the molecule is [N-]=[N+]=N[C@@H](Cc1ccc(S(N)(=O)=O)cc1)C(N)=O. The molecular weight excluding hydrogens is 258 g/mol. The van der Waals surface area contributed by atoms with Gasteiger partial charge in [0.15, 0.2) is 0 Å². The van der Waals surface area contributed by atoms with Gasteiger partial charge in [-0.1, -0.05) is 17.2 Å². The second-order valence-electron chi connectivity index (χ2n) is 3.52. The van der Waals surface area contributed by atoms with Crippen molar-refractivity contribution in [1.29, 1.82) is 0 Å². The molecule has 0 saturated carbocycles. The highest BCUT2D eigenvalue weighted by Gasteiger charge is 2.14. The van der Waals surface area contributed by atoms with Crippen LogP contribution in [0.1, 0.15) is 5.56 Å². The molecule has 0 aliphatic rings. The summed E-state index contributed by atoms with van der Waals surface area (Å²) in [6.45, 7) is 0. The molecule has 1 aromatic rings. The summed E-state index contributed by atoms with van der Waals surface area (Å²) >= 11 is 0. The number of primary sulfonamides is 1. The van der Waals surface area contributed by atoms with Gasteiger partial charge in [0.05, 0.1) is 4.90 Å². The van der Waals surface area contributed by atoms with Crippen molar-refractivity contribution in [2.75, 3.05) is 0 Å². The van der Waals surface area contributed by atoms with Crippen LogP contribution in [-0.4, -0.2) is 20.4 Å². The maximum atomic E-state index is 11.0. The van der Waals surface area contributed by atoms with Crippen LogP contribution < -0.4 is 10.9 Å². The number of sulfonamides is 1. The molecule has 4 N–H and O–H groups in total. The van der Waals surface area contributed by atoms with E-state index in [-0.39, 0.29) is 11.3 Å². The third-order valence-electron chi connectivity index (χ3n) is 2.20. The Morgan fingerprint density at radius 2 is 1.94 bits per heavy atom. The molecule has 1 rings (SSSR count). The monoisotopic (exact) mass is 269 g/mol. The van der Waals surface area contributed by atoms with Crippen molar-refractivity contribution in [2.45, 2.75) is 17.4 Å². The number of rotatable bonds is 5. The average Bonchev–Trinajstić information content (AvgIpc) is 2.28. The van der Waals surface area contributed by atoms with Gasteiger partial charge < -0.3 is 5.73 Å². The first-order valence-corrected chi connectivity index (χ1v) is 6.34. The number of carbonyl (C=O) groups is 1. The van der Waals surface area contributed by atoms with Gasteiger partial charge in [-0.2, -0.15) is 0 Å². The number of hydrogen-bond donors (Lipinski definition) is 2. The molecule has 1 aromatic carbocycles. The summed E-state index contributed by atoms with van der Waals surface area (Å²) in [5.41, 5.74) is 13.9. The van der Waals surface area contributed by atoms with Gasteiger partial charge in [-0.25, -0.2) is 13.6 Å². The maximum absolute atomic E-state index is 11.0. The first kappa shape index (κ1) is 14.0. The largest absolute Gasteiger partial charge is 0.369 e. The predicted octanol–water partition coefficient (Wildman–Crippen LogP) is 0.0407. The lowest BCUT2D eigenvalue weighted by atomic mass is 10.1. The molecule has 9 heteroatoms. The summed E-state index contributed by atoms with van der Waals surface area (Å²) < 4.78 is 22.0. The highest BCUT2D eigenvalue weighted by atomic mass is 32.2. The van der Waals surface area contributed by atoms with Crippen LogP contribution in [0.25, 0.3) is 10.4 Å². The Kier molecular flexibility index (Phi) is 4.27. The van der Waals surface area contributed by atoms with Crippen LogP contribution in [0.15, 0.2) is 34.3 Å². The molecule has 0 aromatic heterocycles. The van der Waals surface area contributed by atoms with E-state index in [1.807, 2.05) is 0 Å². The molecule has 0 bridgehead atoms. The molecular formula is C9H11N5O3S. The fraction of sp³-hybridized carbons (Fsp3) is 0.222. The van der Waals surface area contributed by atoms with Crippen LogP contribution in [-0.2, 0) is 21.2 Å². The number of amides is 1. The average molecular weight is 269 g/mol. The van der Waals surface area contributed by atoms with E-state index >= 15 is 0 Å². The van der Waals surface area contributed by atoms with E-state index in [1.165, 1.54) is 24.3 Å². The quantitative estimate of drug-likeness (QED) is 0.440. The highest BCUT2D eigenvalue weighted by molar-refractivity contribution is 7.89. The predicted molar refractivity (Wildman–Crippen MR) is 63.6 cm³/mol. The van der Waals surface area contributed by atoms with Crippen molar-refractivity contribution >= 4 is 15.9 Å². The Bertz CT molecular complexity index is 587. The number of azide groups is 1. The molecule has 96 valence electrons. The number of carbonyl (C=O) groups excluding carboxylic acids is 1. The Labute approximate surface area is 103 Å². The molecule has 8 nitrogen and oxygen atoms in total. The fourth-order valence-corrected chi connectivity index (χ4v) is 1.81.